The lowest BCUT2D eigenvalue weighted by Gasteiger charge is -2.06. The maximum Gasteiger partial charge on any atom is 0.220 e. The number of nitrogens with zero attached hydrogens (tertiary/aromatic N) is 3. The molecule has 0 spiro atoms. The molecular weight excluding hydrogens is 356 g/mol. The molecule has 1 aliphatic rings. The van der Waals surface area contributed by atoms with E-state index < -0.39 is 0 Å². The zero-order valence-corrected chi connectivity index (χ0v) is 16.6. The van der Waals surface area contributed by atoms with Gasteiger partial charge in [0.1, 0.15) is 0 Å². The molecule has 1 fully saturated rings. The average Bonchev–Trinajstić information content (AvgIpc) is 3.35. The Bertz CT molecular complexity index is 941. The van der Waals surface area contributed by atoms with Gasteiger partial charge in [-0.25, -0.2) is 9.67 Å². The van der Waals surface area contributed by atoms with Crippen LogP contribution in [0.3, 0.4) is 0 Å². The summed E-state index contributed by atoms with van der Waals surface area (Å²) in [6, 6.07) is 10.1. The number of amides is 1. The van der Waals surface area contributed by atoms with Gasteiger partial charge < -0.3 is 5.32 Å². The fraction of sp³-hybridized carbons (Fsp3) is 0.381. The minimum Gasteiger partial charge on any atom is -0.350 e. The van der Waals surface area contributed by atoms with Crippen molar-refractivity contribution in [3.05, 3.63) is 63.4 Å². The van der Waals surface area contributed by atoms with Crippen molar-refractivity contribution in [2.24, 2.45) is 0 Å². The van der Waals surface area contributed by atoms with Crippen LogP contribution in [0.4, 0.5) is 0 Å². The predicted octanol–water partition coefficient (Wildman–Crippen LogP) is 4.07. The van der Waals surface area contributed by atoms with Gasteiger partial charge >= 0.3 is 0 Å². The van der Waals surface area contributed by atoms with Gasteiger partial charge in [-0.3, -0.25) is 4.79 Å². The first kappa shape index (κ1) is 17.9. The lowest BCUT2D eigenvalue weighted by atomic mass is 10.1. The Morgan fingerprint density at radius 1 is 1.26 bits per heavy atom. The Labute approximate surface area is 163 Å². The molecule has 1 N–H and O–H groups in total. The van der Waals surface area contributed by atoms with E-state index in [1.54, 1.807) is 11.3 Å². The summed E-state index contributed by atoms with van der Waals surface area (Å²) in [4.78, 5) is 16.9. The van der Waals surface area contributed by atoms with Crippen molar-refractivity contribution in [3.63, 3.8) is 0 Å². The third kappa shape index (κ3) is 4.11. The van der Waals surface area contributed by atoms with Crippen molar-refractivity contribution >= 4 is 17.2 Å². The lowest BCUT2D eigenvalue weighted by molar-refractivity contribution is -0.121. The molecular formula is C21H24N4OS. The van der Waals surface area contributed by atoms with Crippen molar-refractivity contribution < 1.29 is 4.79 Å². The first-order valence-corrected chi connectivity index (χ1v) is 10.3. The van der Waals surface area contributed by atoms with Gasteiger partial charge in [0, 0.05) is 23.4 Å². The number of carbonyl (C=O) groups excluding carboxylic acids is 1. The molecule has 27 heavy (non-hydrogen) atoms. The van der Waals surface area contributed by atoms with E-state index in [2.05, 4.69) is 27.7 Å². The summed E-state index contributed by atoms with van der Waals surface area (Å²) < 4.78 is 1.96. The van der Waals surface area contributed by atoms with E-state index in [9.17, 15) is 4.79 Å². The van der Waals surface area contributed by atoms with Crippen molar-refractivity contribution in [2.45, 2.75) is 52.0 Å². The van der Waals surface area contributed by atoms with Gasteiger partial charge in [-0.15, -0.1) is 11.3 Å². The molecule has 0 bridgehead atoms. The second-order valence-corrected chi connectivity index (χ2v) is 8.01. The lowest BCUT2D eigenvalue weighted by Crippen LogP contribution is -2.23. The number of hydrogen-bond acceptors (Lipinski definition) is 4. The van der Waals surface area contributed by atoms with Crippen molar-refractivity contribution in [1.82, 2.24) is 20.1 Å². The molecule has 1 amide bonds. The number of aryl methyl sites for hydroxylation is 1. The fourth-order valence-corrected chi connectivity index (χ4v) is 4.29. The predicted molar refractivity (Wildman–Crippen MR) is 107 cm³/mol. The summed E-state index contributed by atoms with van der Waals surface area (Å²) in [5.41, 5.74) is 5.25. The molecule has 2 heterocycles. The average molecular weight is 381 g/mol. The minimum absolute atomic E-state index is 0.0576. The highest BCUT2D eigenvalue weighted by molar-refractivity contribution is 7.09. The summed E-state index contributed by atoms with van der Waals surface area (Å²) in [5, 5.41) is 10.9. The van der Waals surface area contributed by atoms with Crippen LogP contribution in [0, 0.1) is 13.8 Å². The van der Waals surface area contributed by atoms with E-state index in [0.717, 1.165) is 28.3 Å². The second-order valence-electron chi connectivity index (χ2n) is 7.12. The molecule has 3 aromatic rings. The van der Waals surface area contributed by atoms with E-state index in [1.165, 1.54) is 17.8 Å². The number of rotatable bonds is 7. The van der Waals surface area contributed by atoms with Crippen LogP contribution < -0.4 is 5.32 Å². The van der Waals surface area contributed by atoms with Gasteiger partial charge in [0.15, 0.2) is 0 Å². The molecule has 5 nitrogen and oxygen atoms in total. The molecule has 0 unspecified atom stereocenters. The molecule has 2 aromatic heterocycles. The normalized spacial score (nSPS) is 13.7. The first-order chi connectivity index (χ1) is 13.1. The van der Waals surface area contributed by atoms with Crippen LogP contribution in [-0.4, -0.2) is 20.7 Å². The fourth-order valence-electron chi connectivity index (χ4n) is 3.30. The van der Waals surface area contributed by atoms with E-state index in [-0.39, 0.29) is 5.91 Å². The SMILES string of the molecule is Cc1nn(-c2ccccc2)c(C)c1CCC(=O)NCc1csc(C2CC2)n1. The van der Waals surface area contributed by atoms with E-state index in [1.807, 2.05) is 41.9 Å². The van der Waals surface area contributed by atoms with Gasteiger partial charge in [-0.05, 0) is 50.8 Å². The molecule has 0 saturated heterocycles. The summed E-state index contributed by atoms with van der Waals surface area (Å²) >= 11 is 1.71. The Balaban J connectivity index is 1.34. The monoisotopic (exact) mass is 380 g/mol. The number of para-hydroxylation sites is 1. The van der Waals surface area contributed by atoms with E-state index in [4.69, 9.17) is 0 Å². The molecule has 1 aromatic carbocycles. The number of benzene rings is 1. The third-order valence-corrected chi connectivity index (χ3v) is 6.06. The topological polar surface area (TPSA) is 59.8 Å². The van der Waals surface area contributed by atoms with E-state index in [0.29, 0.717) is 25.3 Å². The third-order valence-electron chi connectivity index (χ3n) is 5.01. The summed E-state index contributed by atoms with van der Waals surface area (Å²) in [7, 11) is 0. The number of hydrogen-bond donors (Lipinski definition) is 1. The van der Waals surface area contributed by atoms with Gasteiger partial charge in [-0.2, -0.15) is 5.10 Å². The number of aromatic nitrogens is 3. The van der Waals surface area contributed by atoms with Crippen LogP contribution in [0.25, 0.3) is 5.69 Å². The van der Waals surface area contributed by atoms with E-state index >= 15 is 0 Å². The Hall–Kier alpha value is -2.47. The maximum atomic E-state index is 12.3. The van der Waals surface area contributed by atoms with Gasteiger partial charge in [0.05, 0.1) is 28.6 Å². The summed E-state index contributed by atoms with van der Waals surface area (Å²) in [6.07, 6.45) is 3.67. The van der Waals surface area contributed by atoms with Crippen molar-refractivity contribution in [1.29, 1.82) is 0 Å². The summed E-state index contributed by atoms with van der Waals surface area (Å²) in [5.74, 6) is 0.730. The van der Waals surface area contributed by atoms with Crippen LogP contribution in [0.2, 0.25) is 0 Å². The largest absolute Gasteiger partial charge is 0.350 e. The minimum atomic E-state index is 0.0576. The van der Waals surface area contributed by atoms with Crippen LogP contribution in [0.5, 0.6) is 0 Å². The van der Waals surface area contributed by atoms with Crippen LogP contribution in [0.15, 0.2) is 35.7 Å². The highest BCUT2D eigenvalue weighted by Crippen LogP contribution is 2.41. The van der Waals surface area contributed by atoms with Crippen molar-refractivity contribution in [2.75, 3.05) is 0 Å². The van der Waals surface area contributed by atoms with Crippen LogP contribution >= 0.6 is 11.3 Å². The Morgan fingerprint density at radius 3 is 2.78 bits per heavy atom. The number of thiazole rings is 1. The molecule has 0 aliphatic heterocycles. The zero-order chi connectivity index (χ0) is 18.8. The van der Waals surface area contributed by atoms with Gasteiger partial charge in [0.25, 0.3) is 0 Å². The Kier molecular flexibility index (Phi) is 5.07. The highest BCUT2D eigenvalue weighted by Gasteiger charge is 2.26. The maximum absolute atomic E-state index is 12.3. The number of nitrogens with one attached hydrogen (secondary N) is 1. The molecule has 6 heteroatoms. The second kappa shape index (κ2) is 7.64. The number of carbonyl (C=O) groups is 1. The van der Waals surface area contributed by atoms with Gasteiger partial charge in [0.2, 0.25) is 5.91 Å². The Morgan fingerprint density at radius 2 is 2.04 bits per heavy atom. The standard InChI is InChI=1S/C21H24N4OS/c1-14-19(15(2)25(24-14)18-6-4-3-5-7-18)10-11-20(26)22-12-17-13-27-21(23-17)16-8-9-16/h3-7,13,16H,8-12H2,1-2H3,(H,22,26). The molecule has 1 saturated carbocycles. The molecule has 1 aliphatic carbocycles. The molecule has 0 radical (unpaired) electrons. The summed E-state index contributed by atoms with van der Waals surface area (Å²) in [6.45, 7) is 4.59. The highest BCUT2D eigenvalue weighted by atomic mass is 32.1. The molecule has 4 rings (SSSR count). The van der Waals surface area contributed by atoms with Crippen LogP contribution in [0.1, 0.15) is 52.8 Å². The quantitative estimate of drug-likeness (QED) is 0.672. The zero-order valence-electron chi connectivity index (χ0n) is 15.7. The van der Waals surface area contributed by atoms with Crippen LogP contribution in [-0.2, 0) is 17.8 Å². The van der Waals surface area contributed by atoms with Gasteiger partial charge in [-0.1, -0.05) is 18.2 Å². The molecule has 140 valence electrons. The molecule has 0 atom stereocenters. The smallest absolute Gasteiger partial charge is 0.220 e. The first-order valence-electron chi connectivity index (χ1n) is 9.43. The van der Waals surface area contributed by atoms with Crippen molar-refractivity contribution in [3.8, 4) is 5.69 Å².